The summed E-state index contributed by atoms with van der Waals surface area (Å²) in [6.45, 7) is 9.35. The lowest BCUT2D eigenvalue weighted by molar-refractivity contribution is -0.139. The molecule has 2 unspecified atom stereocenters. The van der Waals surface area contributed by atoms with Crippen LogP contribution in [0.15, 0.2) is 42.5 Å². The third-order valence-corrected chi connectivity index (χ3v) is 9.67. The Kier molecular flexibility index (Phi) is 11.8. The SMILES string of the molecule is CCNC(=O)C(NC(=O)[C@@]1(NC(=O)[C@@H](NC(=O)Cc2ccccc2F)C(C)CC)CCc2[nH]c3c(C(F)(F)F)cccc3c2C1)[C@@H](C)CC. The van der Waals surface area contributed by atoms with Gasteiger partial charge in [0, 0.05) is 24.0 Å². The first-order valence-electron chi connectivity index (χ1n) is 16.8. The van der Waals surface area contributed by atoms with Crippen LogP contribution in [0.2, 0.25) is 0 Å². The molecule has 0 radical (unpaired) electrons. The van der Waals surface area contributed by atoms with Gasteiger partial charge in [0.25, 0.3) is 0 Å². The zero-order valence-electron chi connectivity index (χ0n) is 28.4. The summed E-state index contributed by atoms with van der Waals surface area (Å²) in [6.07, 6.45) is -3.96. The highest BCUT2D eigenvalue weighted by Crippen LogP contribution is 2.40. The number of hydrogen-bond acceptors (Lipinski definition) is 4. The van der Waals surface area contributed by atoms with Crippen molar-refractivity contribution in [1.29, 1.82) is 0 Å². The van der Waals surface area contributed by atoms with E-state index in [-0.39, 0.29) is 48.1 Å². The quantitative estimate of drug-likeness (QED) is 0.160. The van der Waals surface area contributed by atoms with Crippen molar-refractivity contribution in [2.45, 2.75) is 96.9 Å². The van der Waals surface area contributed by atoms with E-state index >= 15 is 0 Å². The van der Waals surface area contributed by atoms with Crippen LogP contribution in [0.5, 0.6) is 0 Å². The van der Waals surface area contributed by atoms with Crippen LogP contribution in [0, 0.1) is 17.7 Å². The number of hydrogen-bond donors (Lipinski definition) is 5. The fraction of sp³-hybridized carbons (Fsp3) is 0.500. The van der Waals surface area contributed by atoms with E-state index in [1.54, 1.807) is 19.9 Å². The lowest BCUT2D eigenvalue weighted by atomic mass is 9.78. The number of H-pyrrole nitrogens is 1. The Bertz CT molecular complexity index is 1690. The van der Waals surface area contributed by atoms with Crippen LogP contribution in [-0.2, 0) is 44.6 Å². The fourth-order valence-electron chi connectivity index (χ4n) is 6.38. The van der Waals surface area contributed by atoms with Gasteiger partial charge in [0.05, 0.1) is 17.5 Å². The highest BCUT2D eigenvalue weighted by Gasteiger charge is 2.47. The van der Waals surface area contributed by atoms with E-state index < -0.39 is 64.7 Å². The molecule has 13 heteroatoms. The molecular weight excluding hydrogens is 642 g/mol. The molecule has 1 heterocycles. The number of carbonyl (C=O) groups is 4. The zero-order chi connectivity index (χ0) is 36.1. The summed E-state index contributed by atoms with van der Waals surface area (Å²) in [5, 5.41) is 11.5. The van der Waals surface area contributed by atoms with Crippen molar-refractivity contribution >= 4 is 34.5 Å². The topological polar surface area (TPSA) is 132 Å². The molecule has 5 N–H and O–H groups in total. The minimum atomic E-state index is -4.63. The van der Waals surface area contributed by atoms with Crippen LogP contribution in [0.25, 0.3) is 10.9 Å². The summed E-state index contributed by atoms with van der Waals surface area (Å²) in [5.41, 5.74) is -1.53. The molecule has 0 fully saturated rings. The molecule has 2 aromatic carbocycles. The molecule has 3 aromatic rings. The van der Waals surface area contributed by atoms with Crippen LogP contribution >= 0.6 is 0 Å². The molecule has 266 valence electrons. The molecule has 5 atom stereocenters. The first kappa shape index (κ1) is 37.4. The van der Waals surface area contributed by atoms with Crippen molar-refractivity contribution in [2.75, 3.05) is 6.54 Å². The van der Waals surface area contributed by atoms with E-state index in [1.807, 2.05) is 20.8 Å². The Morgan fingerprint density at radius 3 is 2.16 bits per heavy atom. The standard InChI is InChI=1S/C36H45F4N5O4/c1-6-20(4)29(32(47)41-8-3)44-34(49)35(17-16-27-24(19-35)23-13-11-14-25(31(23)42-27)36(38,39)40)45-33(48)30(21(5)7-2)43-28(46)18-22-12-9-10-15-26(22)37/h9-15,20-21,29-30,42H,6-8,16-19H2,1-5H3,(H,41,47)(H,43,46)(H,44,49)(H,45,48)/t20-,21?,29?,30-,35+/m0/s1. The predicted molar refractivity (Wildman–Crippen MR) is 178 cm³/mol. The van der Waals surface area contributed by atoms with Crippen molar-refractivity contribution in [3.8, 4) is 0 Å². The first-order valence-corrected chi connectivity index (χ1v) is 16.8. The van der Waals surface area contributed by atoms with Gasteiger partial charge in [-0.15, -0.1) is 0 Å². The van der Waals surface area contributed by atoms with Gasteiger partial charge in [0.1, 0.15) is 23.4 Å². The van der Waals surface area contributed by atoms with E-state index in [0.717, 1.165) is 6.07 Å². The van der Waals surface area contributed by atoms with Crippen LogP contribution in [-0.4, -0.2) is 52.8 Å². The van der Waals surface area contributed by atoms with Crippen LogP contribution < -0.4 is 21.3 Å². The zero-order valence-corrected chi connectivity index (χ0v) is 28.4. The van der Waals surface area contributed by atoms with Gasteiger partial charge in [-0.3, -0.25) is 19.2 Å². The number of carbonyl (C=O) groups excluding carboxylic acids is 4. The van der Waals surface area contributed by atoms with Gasteiger partial charge in [-0.2, -0.15) is 13.2 Å². The van der Waals surface area contributed by atoms with Gasteiger partial charge >= 0.3 is 6.18 Å². The third kappa shape index (κ3) is 8.25. The Balaban J connectivity index is 1.74. The number of alkyl halides is 3. The molecule has 1 aromatic heterocycles. The van der Waals surface area contributed by atoms with Gasteiger partial charge in [0.15, 0.2) is 0 Å². The van der Waals surface area contributed by atoms with Gasteiger partial charge in [-0.25, -0.2) is 4.39 Å². The normalized spacial score (nSPS) is 18.5. The molecule has 0 bridgehead atoms. The molecule has 0 spiro atoms. The summed E-state index contributed by atoms with van der Waals surface area (Å²) >= 11 is 0. The number of benzene rings is 2. The van der Waals surface area contributed by atoms with E-state index in [1.165, 1.54) is 30.3 Å². The molecule has 0 saturated carbocycles. The number of para-hydroxylation sites is 1. The minimum absolute atomic E-state index is 0.00473. The molecule has 0 saturated heterocycles. The smallest absolute Gasteiger partial charge is 0.358 e. The fourth-order valence-corrected chi connectivity index (χ4v) is 6.38. The summed E-state index contributed by atoms with van der Waals surface area (Å²) in [7, 11) is 0. The number of amides is 4. The number of rotatable bonds is 13. The number of aromatic amines is 1. The van der Waals surface area contributed by atoms with E-state index in [4.69, 9.17) is 0 Å². The van der Waals surface area contributed by atoms with Crippen molar-refractivity contribution in [2.24, 2.45) is 11.8 Å². The van der Waals surface area contributed by atoms with Gasteiger partial charge < -0.3 is 26.3 Å². The number of nitrogens with one attached hydrogen (secondary N) is 5. The maximum Gasteiger partial charge on any atom is 0.418 e. The summed E-state index contributed by atoms with van der Waals surface area (Å²) in [4.78, 5) is 57.7. The summed E-state index contributed by atoms with van der Waals surface area (Å²) < 4.78 is 56.2. The Morgan fingerprint density at radius 2 is 1.55 bits per heavy atom. The molecule has 49 heavy (non-hydrogen) atoms. The highest BCUT2D eigenvalue weighted by molar-refractivity contribution is 5.98. The number of aryl methyl sites for hydroxylation is 1. The van der Waals surface area contributed by atoms with E-state index in [0.29, 0.717) is 30.6 Å². The van der Waals surface area contributed by atoms with E-state index in [9.17, 15) is 36.7 Å². The monoisotopic (exact) mass is 687 g/mol. The Hall–Kier alpha value is -4.42. The number of aromatic nitrogens is 1. The van der Waals surface area contributed by atoms with Crippen molar-refractivity contribution in [3.63, 3.8) is 0 Å². The van der Waals surface area contributed by atoms with Crippen molar-refractivity contribution < 1.29 is 36.7 Å². The second-order valence-electron chi connectivity index (χ2n) is 13.0. The molecule has 9 nitrogen and oxygen atoms in total. The van der Waals surface area contributed by atoms with Crippen molar-refractivity contribution in [3.05, 3.63) is 70.7 Å². The molecule has 0 aliphatic heterocycles. The summed E-state index contributed by atoms with van der Waals surface area (Å²) in [5.74, 6) is -3.59. The molecule has 1 aliphatic rings. The number of likely N-dealkylation sites (N-methyl/N-ethyl adjacent to an activating group) is 1. The largest absolute Gasteiger partial charge is 0.418 e. The maximum atomic E-state index is 14.4. The average molecular weight is 688 g/mol. The maximum absolute atomic E-state index is 14.4. The lowest BCUT2D eigenvalue weighted by Crippen LogP contribution is -2.67. The van der Waals surface area contributed by atoms with Gasteiger partial charge in [0.2, 0.25) is 23.6 Å². The van der Waals surface area contributed by atoms with Gasteiger partial charge in [-0.1, -0.05) is 70.9 Å². The first-order chi connectivity index (χ1) is 23.1. The highest BCUT2D eigenvalue weighted by atomic mass is 19.4. The average Bonchev–Trinajstić information content (AvgIpc) is 3.43. The lowest BCUT2D eigenvalue weighted by Gasteiger charge is -2.39. The molecule has 1 aliphatic carbocycles. The Morgan fingerprint density at radius 1 is 0.898 bits per heavy atom. The Labute approximate surface area is 283 Å². The summed E-state index contributed by atoms with van der Waals surface area (Å²) in [6, 6.07) is 7.56. The van der Waals surface area contributed by atoms with Gasteiger partial charge in [-0.05, 0) is 54.9 Å². The van der Waals surface area contributed by atoms with Crippen LogP contribution in [0.3, 0.4) is 0 Å². The third-order valence-electron chi connectivity index (χ3n) is 9.67. The van der Waals surface area contributed by atoms with Crippen LogP contribution in [0.4, 0.5) is 17.6 Å². The number of fused-ring (bicyclic) bond motifs is 3. The molecule has 4 amide bonds. The minimum Gasteiger partial charge on any atom is -0.358 e. The molecular formula is C36H45F4N5O4. The van der Waals surface area contributed by atoms with Crippen LogP contribution in [0.1, 0.15) is 76.3 Å². The van der Waals surface area contributed by atoms with E-state index in [2.05, 4.69) is 26.3 Å². The second-order valence-corrected chi connectivity index (χ2v) is 13.0. The number of halogens is 4. The van der Waals surface area contributed by atoms with Crippen molar-refractivity contribution in [1.82, 2.24) is 26.3 Å². The molecule has 4 rings (SSSR count). The second kappa shape index (κ2) is 15.4. The predicted octanol–water partition coefficient (Wildman–Crippen LogP) is 5.11.